The number of aldehydes is 1. The largest absolute Gasteiger partial charge is 0.360 e. The first-order valence-corrected chi connectivity index (χ1v) is 10.1. The second-order valence-electron chi connectivity index (χ2n) is 7.60. The number of benzene rings is 3. The molecule has 0 spiro atoms. The SMILES string of the molecule is Cc1noc2c1-c1ccc(-c3ccc(C=O)cc3)cc1N(c1ccc(C#N)cc1)CC2. The molecule has 0 bridgehead atoms. The average Bonchev–Trinajstić information content (AvgIpc) is 3.10. The van der Waals surface area contributed by atoms with Crippen molar-refractivity contribution < 1.29 is 9.32 Å². The van der Waals surface area contributed by atoms with Crippen molar-refractivity contribution in [3.63, 3.8) is 0 Å². The van der Waals surface area contributed by atoms with E-state index in [-0.39, 0.29) is 0 Å². The third kappa shape index (κ3) is 3.28. The quantitative estimate of drug-likeness (QED) is 0.409. The van der Waals surface area contributed by atoms with Crippen LogP contribution < -0.4 is 4.90 Å². The number of carbonyl (C=O) groups excluding carboxylic acids is 1. The van der Waals surface area contributed by atoms with Crippen molar-refractivity contribution in [2.24, 2.45) is 0 Å². The van der Waals surface area contributed by atoms with Gasteiger partial charge in [0, 0.05) is 41.0 Å². The number of aryl methyl sites for hydroxylation is 1. The van der Waals surface area contributed by atoms with Crippen LogP contribution in [0.4, 0.5) is 11.4 Å². The molecule has 3 aromatic carbocycles. The summed E-state index contributed by atoms with van der Waals surface area (Å²) < 4.78 is 5.63. The van der Waals surface area contributed by atoms with Crippen LogP contribution in [0.1, 0.15) is 27.4 Å². The number of aromatic nitrogens is 1. The van der Waals surface area contributed by atoms with Gasteiger partial charge in [0.05, 0.1) is 17.3 Å². The lowest BCUT2D eigenvalue weighted by molar-refractivity contribution is 0.112. The van der Waals surface area contributed by atoms with Gasteiger partial charge in [0.25, 0.3) is 0 Å². The summed E-state index contributed by atoms with van der Waals surface area (Å²) in [6.45, 7) is 2.70. The number of carbonyl (C=O) groups is 1. The van der Waals surface area contributed by atoms with Crippen molar-refractivity contribution in [2.45, 2.75) is 13.3 Å². The molecule has 5 rings (SSSR count). The Kier molecular flexibility index (Phi) is 4.61. The van der Waals surface area contributed by atoms with E-state index in [1.165, 1.54) is 0 Å². The molecule has 0 radical (unpaired) electrons. The van der Waals surface area contributed by atoms with Crippen molar-refractivity contribution >= 4 is 17.7 Å². The summed E-state index contributed by atoms with van der Waals surface area (Å²) in [6, 6.07) is 23.8. The maximum atomic E-state index is 11.0. The lowest BCUT2D eigenvalue weighted by Gasteiger charge is -2.26. The topological polar surface area (TPSA) is 70.1 Å². The number of nitrogens with zero attached hydrogens (tertiary/aromatic N) is 3. The minimum atomic E-state index is 0.634. The van der Waals surface area contributed by atoms with E-state index >= 15 is 0 Å². The minimum absolute atomic E-state index is 0.634. The van der Waals surface area contributed by atoms with Crippen molar-refractivity contribution in [3.05, 3.63) is 89.3 Å². The smallest absolute Gasteiger partial charge is 0.150 e. The van der Waals surface area contributed by atoms with E-state index in [1.807, 2.05) is 55.5 Å². The number of anilines is 2. The molecular formula is C26H19N3O2. The number of hydrogen-bond acceptors (Lipinski definition) is 5. The first kappa shape index (κ1) is 18.8. The number of fused-ring (bicyclic) bond motifs is 3. The Morgan fingerprint density at radius 1 is 1.03 bits per heavy atom. The van der Waals surface area contributed by atoms with Crippen molar-refractivity contribution in [3.8, 4) is 28.3 Å². The highest BCUT2D eigenvalue weighted by Crippen LogP contribution is 2.43. The van der Waals surface area contributed by atoms with Crippen LogP contribution in [0.25, 0.3) is 22.3 Å². The first-order valence-electron chi connectivity index (χ1n) is 10.1. The van der Waals surface area contributed by atoms with Gasteiger partial charge in [-0.15, -0.1) is 0 Å². The van der Waals surface area contributed by atoms with Crippen molar-refractivity contribution in [1.29, 1.82) is 5.26 Å². The lowest BCUT2D eigenvalue weighted by atomic mass is 9.96. The monoisotopic (exact) mass is 405 g/mol. The van der Waals surface area contributed by atoms with Crippen molar-refractivity contribution in [2.75, 3.05) is 11.4 Å². The van der Waals surface area contributed by atoms with E-state index in [2.05, 4.69) is 34.3 Å². The molecule has 1 aliphatic heterocycles. The molecule has 0 saturated carbocycles. The molecular weight excluding hydrogens is 386 g/mol. The van der Waals surface area contributed by atoms with Gasteiger partial charge < -0.3 is 9.42 Å². The van der Waals surface area contributed by atoms with Gasteiger partial charge in [0.2, 0.25) is 0 Å². The van der Waals surface area contributed by atoms with Gasteiger partial charge in [-0.3, -0.25) is 4.79 Å². The zero-order valence-electron chi connectivity index (χ0n) is 17.0. The summed E-state index contributed by atoms with van der Waals surface area (Å²) in [5, 5.41) is 13.4. The minimum Gasteiger partial charge on any atom is -0.360 e. The van der Waals surface area contributed by atoms with Crippen LogP contribution in [0.15, 0.2) is 71.3 Å². The predicted octanol–water partition coefficient (Wildman–Crippen LogP) is 5.70. The van der Waals surface area contributed by atoms with Crippen LogP contribution in [-0.2, 0) is 6.42 Å². The molecule has 4 aromatic rings. The highest BCUT2D eigenvalue weighted by Gasteiger charge is 2.26. The molecule has 150 valence electrons. The molecule has 0 saturated heterocycles. The van der Waals surface area contributed by atoms with Crippen LogP contribution in [0, 0.1) is 18.3 Å². The average molecular weight is 405 g/mol. The van der Waals surface area contributed by atoms with E-state index < -0.39 is 0 Å². The summed E-state index contributed by atoms with van der Waals surface area (Å²) in [5.74, 6) is 0.887. The van der Waals surface area contributed by atoms with E-state index in [9.17, 15) is 4.79 Å². The zero-order valence-corrected chi connectivity index (χ0v) is 17.0. The second-order valence-corrected chi connectivity index (χ2v) is 7.60. The van der Waals surface area contributed by atoms with Gasteiger partial charge in [0.1, 0.15) is 12.0 Å². The third-order valence-electron chi connectivity index (χ3n) is 5.74. The maximum Gasteiger partial charge on any atom is 0.150 e. The molecule has 31 heavy (non-hydrogen) atoms. The van der Waals surface area contributed by atoms with Gasteiger partial charge >= 0.3 is 0 Å². The first-order chi connectivity index (χ1) is 15.2. The summed E-state index contributed by atoms with van der Waals surface area (Å²) in [5.41, 5.74) is 8.47. The molecule has 5 heteroatoms. The zero-order chi connectivity index (χ0) is 21.4. The Morgan fingerprint density at radius 3 is 2.48 bits per heavy atom. The number of nitriles is 1. The van der Waals surface area contributed by atoms with Crippen LogP contribution in [0.3, 0.4) is 0 Å². The highest BCUT2D eigenvalue weighted by molar-refractivity contribution is 5.89. The Balaban J connectivity index is 1.68. The summed E-state index contributed by atoms with van der Waals surface area (Å²) >= 11 is 0. The Hall–Kier alpha value is -4.17. The molecule has 0 atom stereocenters. The van der Waals surface area contributed by atoms with Crippen molar-refractivity contribution in [1.82, 2.24) is 5.16 Å². The van der Waals surface area contributed by atoms with E-state index in [1.54, 1.807) is 0 Å². The summed E-state index contributed by atoms with van der Waals surface area (Å²) in [7, 11) is 0. The fourth-order valence-corrected chi connectivity index (χ4v) is 4.15. The standard InChI is InChI=1S/C26H19N3O2/c1-17-26-23-11-8-21(20-6-2-19(16-30)3-7-20)14-24(23)29(13-12-25(26)31-28-17)22-9-4-18(15-27)5-10-22/h2-11,14,16H,12-13H2,1H3. The van der Waals surface area contributed by atoms with Gasteiger partial charge in [-0.25, -0.2) is 0 Å². The molecule has 0 unspecified atom stereocenters. The number of hydrogen-bond donors (Lipinski definition) is 0. The molecule has 2 heterocycles. The summed E-state index contributed by atoms with van der Waals surface area (Å²) in [4.78, 5) is 13.3. The van der Waals surface area contributed by atoms with Crippen LogP contribution >= 0.6 is 0 Å². The van der Waals surface area contributed by atoms with Crippen LogP contribution in [-0.4, -0.2) is 18.0 Å². The Labute approximate surface area is 180 Å². The van der Waals surface area contributed by atoms with E-state index in [0.717, 1.165) is 64.3 Å². The van der Waals surface area contributed by atoms with Gasteiger partial charge in [-0.1, -0.05) is 41.6 Å². The van der Waals surface area contributed by atoms with Gasteiger partial charge in [0.15, 0.2) is 0 Å². The Bertz CT molecular complexity index is 1310. The molecule has 1 aliphatic rings. The maximum absolute atomic E-state index is 11.0. The summed E-state index contributed by atoms with van der Waals surface area (Å²) in [6.07, 6.45) is 1.58. The lowest BCUT2D eigenvalue weighted by Crippen LogP contribution is -2.19. The normalized spacial score (nSPS) is 12.5. The van der Waals surface area contributed by atoms with E-state index in [0.29, 0.717) is 11.1 Å². The molecule has 1 aromatic heterocycles. The molecule has 0 amide bonds. The highest BCUT2D eigenvalue weighted by atomic mass is 16.5. The molecule has 5 nitrogen and oxygen atoms in total. The second kappa shape index (κ2) is 7.58. The van der Waals surface area contributed by atoms with E-state index in [4.69, 9.17) is 9.78 Å². The van der Waals surface area contributed by atoms with Gasteiger partial charge in [-0.05, 0) is 48.4 Å². The molecule has 0 fully saturated rings. The van der Waals surface area contributed by atoms with Crippen LogP contribution in [0.5, 0.6) is 0 Å². The van der Waals surface area contributed by atoms with Gasteiger partial charge in [-0.2, -0.15) is 5.26 Å². The van der Waals surface area contributed by atoms with Crippen LogP contribution in [0.2, 0.25) is 0 Å². The molecule has 0 N–H and O–H groups in total. The third-order valence-corrected chi connectivity index (χ3v) is 5.74. The fourth-order valence-electron chi connectivity index (χ4n) is 4.15. The molecule has 0 aliphatic carbocycles. The fraction of sp³-hybridized carbons (Fsp3) is 0.115. The number of rotatable bonds is 3. The predicted molar refractivity (Wildman–Crippen MR) is 119 cm³/mol. The Morgan fingerprint density at radius 2 is 1.77 bits per heavy atom.